The van der Waals surface area contributed by atoms with E-state index in [1.807, 2.05) is 18.2 Å². The minimum absolute atomic E-state index is 0.0123. The number of amides is 1. The Morgan fingerprint density at radius 1 is 1.04 bits per heavy atom. The third-order valence-electron chi connectivity index (χ3n) is 4.21. The maximum Gasteiger partial charge on any atom is 0.224 e. The van der Waals surface area contributed by atoms with Gasteiger partial charge in [-0.05, 0) is 42.2 Å². The lowest BCUT2D eigenvalue weighted by Gasteiger charge is -2.17. The van der Waals surface area contributed by atoms with Gasteiger partial charge in [0.2, 0.25) is 5.91 Å². The lowest BCUT2D eigenvalue weighted by atomic mass is 10.1. The van der Waals surface area contributed by atoms with Gasteiger partial charge in [0, 0.05) is 30.3 Å². The third kappa shape index (κ3) is 4.26. The molecule has 0 saturated carbocycles. The molecule has 3 rings (SSSR count). The molecular weight excluding hydrogens is 308 g/mol. The highest BCUT2D eigenvalue weighted by atomic mass is 35.5. The van der Waals surface area contributed by atoms with E-state index in [-0.39, 0.29) is 5.91 Å². The first-order valence-corrected chi connectivity index (χ1v) is 8.44. The van der Waals surface area contributed by atoms with Gasteiger partial charge in [-0.2, -0.15) is 0 Å². The minimum Gasteiger partial charge on any atom is -0.372 e. The van der Waals surface area contributed by atoms with Gasteiger partial charge >= 0.3 is 0 Å². The Kier molecular flexibility index (Phi) is 5.19. The fourth-order valence-electron chi connectivity index (χ4n) is 2.88. The number of benzene rings is 2. The zero-order valence-electron chi connectivity index (χ0n) is 13.1. The second kappa shape index (κ2) is 7.51. The average molecular weight is 329 g/mol. The standard InChI is InChI=1S/C19H21ClN2O/c20-18-6-2-1-5-16(18)13-19(23)21-14-15-7-9-17(10-8-15)22-11-3-4-12-22/h1-2,5-10H,3-4,11-14H2,(H,21,23). The van der Waals surface area contributed by atoms with Gasteiger partial charge < -0.3 is 10.2 Å². The van der Waals surface area contributed by atoms with Crippen molar-refractivity contribution in [3.05, 3.63) is 64.7 Å². The van der Waals surface area contributed by atoms with E-state index in [0.717, 1.165) is 24.2 Å². The highest BCUT2D eigenvalue weighted by Crippen LogP contribution is 2.20. The smallest absolute Gasteiger partial charge is 0.224 e. The fraction of sp³-hybridized carbons (Fsp3) is 0.316. The Bertz CT molecular complexity index is 663. The first-order chi connectivity index (χ1) is 11.2. The largest absolute Gasteiger partial charge is 0.372 e. The zero-order chi connectivity index (χ0) is 16.1. The molecule has 120 valence electrons. The molecule has 2 aromatic rings. The Morgan fingerprint density at radius 2 is 1.74 bits per heavy atom. The van der Waals surface area contributed by atoms with Crippen LogP contribution in [0.2, 0.25) is 5.02 Å². The van der Waals surface area contributed by atoms with Gasteiger partial charge in [-0.3, -0.25) is 4.79 Å². The molecule has 1 fully saturated rings. The maximum atomic E-state index is 12.0. The van der Waals surface area contributed by atoms with Crippen LogP contribution in [0.4, 0.5) is 5.69 Å². The third-order valence-corrected chi connectivity index (χ3v) is 4.57. The summed E-state index contributed by atoms with van der Waals surface area (Å²) in [5, 5.41) is 3.59. The SMILES string of the molecule is O=C(Cc1ccccc1Cl)NCc1ccc(N2CCCC2)cc1. The molecule has 0 bridgehead atoms. The quantitative estimate of drug-likeness (QED) is 0.905. The van der Waals surface area contributed by atoms with Crippen LogP contribution in [-0.4, -0.2) is 19.0 Å². The van der Waals surface area contributed by atoms with E-state index in [2.05, 4.69) is 34.5 Å². The van der Waals surface area contributed by atoms with Crippen LogP contribution in [0.5, 0.6) is 0 Å². The predicted molar refractivity (Wildman–Crippen MR) is 94.9 cm³/mol. The van der Waals surface area contributed by atoms with E-state index >= 15 is 0 Å². The van der Waals surface area contributed by atoms with Crippen LogP contribution >= 0.6 is 11.6 Å². The number of halogens is 1. The van der Waals surface area contributed by atoms with E-state index in [0.29, 0.717) is 18.0 Å². The summed E-state index contributed by atoms with van der Waals surface area (Å²) in [5.41, 5.74) is 3.24. The molecule has 1 heterocycles. The van der Waals surface area contributed by atoms with Gasteiger partial charge in [0.25, 0.3) is 0 Å². The van der Waals surface area contributed by atoms with Gasteiger partial charge in [0.05, 0.1) is 6.42 Å². The van der Waals surface area contributed by atoms with E-state index in [9.17, 15) is 4.79 Å². The second-order valence-electron chi connectivity index (χ2n) is 5.91. The highest BCUT2D eigenvalue weighted by Gasteiger charge is 2.12. The molecule has 0 radical (unpaired) electrons. The molecule has 0 unspecified atom stereocenters. The molecule has 3 nitrogen and oxygen atoms in total. The molecule has 0 aromatic heterocycles. The number of rotatable bonds is 5. The van der Waals surface area contributed by atoms with Crippen LogP contribution in [0, 0.1) is 0 Å². The predicted octanol–water partition coefficient (Wildman–Crippen LogP) is 3.80. The molecule has 1 aliphatic heterocycles. The van der Waals surface area contributed by atoms with Gasteiger partial charge in [0.1, 0.15) is 0 Å². The van der Waals surface area contributed by atoms with E-state index in [1.54, 1.807) is 6.07 Å². The fourth-order valence-corrected chi connectivity index (χ4v) is 3.08. The van der Waals surface area contributed by atoms with Crippen LogP contribution in [-0.2, 0) is 17.8 Å². The molecule has 1 N–H and O–H groups in total. The van der Waals surface area contributed by atoms with Gasteiger partial charge in [-0.25, -0.2) is 0 Å². The Labute approximate surface area is 142 Å². The van der Waals surface area contributed by atoms with Crippen molar-refractivity contribution in [3.63, 3.8) is 0 Å². The number of anilines is 1. The Morgan fingerprint density at radius 3 is 2.43 bits per heavy atom. The summed E-state index contributed by atoms with van der Waals surface area (Å²) < 4.78 is 0. The molecule has 0 aliphatic carbocycles. The van der Waals surface area contributed by atoms with Gasteiger partial charge in [0.15, 0.2) is 0 Å². The summed E-state index contributed by atoms with van der Waals surface area (Å²) in [6.45, 7) is 2.84. The molecule has 0 spiro atoms. The molecule has 1 aliphatic rings. The molecule has 23 heavy (non-hydrogen) atoms. The average Bonchev–Trinajstić information content (AvgIpc) is 3.10. The number of nitrogens with zero attached hydrogens (tertiary/aromatic N) is 1. The normalized spacial score (nSPS) is 14.0. The van der Waals surface area contributed by atoms with Crippen LogP contribution in [0.15, 0.2) is 48.5 Å². The van der Waals surface area contributed by atoms with Crippen molar-refractivity contribution in [3.8, 4) is 0 Å². The number of carbonyl (C=O) groups is 1. The van der Waals surface area contributed by atoms with Gasteiger partial charge in [-0.1, -0.05) is 41.9 Å². The molecule has 2 aromatic carbocycles. The van der Waals surface area contributed by atoms with Crippen LogP contribution in [0.25, 0.3) is 0 Å². The van der Waals surface area contributed by atoms with Crippen molar-refractivity contribution in [2.45, 2.75) is 25.8 Å². The lowest BCUT2D eigenvalue weighted by molar-refractivity contribution is -0.120. The monoisotopic (exact) mass is 328 g/mol. The summed E-state index contributed by atoms with van der Waals surface area (Å²) in [5.74, 6) is -0.0123. The molecule has 1 amide bonds. The van der Waals surface area contributed by atoms with Gasteiger partial charge in [-0.15, -0.1) is 0 Å². The summed E-state index contributed by atoms with van der Waals surface area (Å²) >= 11 is 6.08. The molecule has 4 heteroatoms. The van der Waals surface area contributed by atoms with Crippen molar-refractivity contribution in [1.82, 2.24) is 5.32 Å². The van der Waals surface area contributed by atoms with Crippen molar-refractivity contribution in [2.75, 3.05) is 18.0 Å². The summed E-state index contributed by atoms with van der Waals surface area (Å²) in [7, 11) is 0. The number of nitrogens with one attached hydrogen (secondary N) is 1. The van der Waals surface area contributed by atoms with Crippen LogP contribution in [0.1, 0.15) is 24.0 Å². The number of carbonyl (C=O) groups excluding carboxylic acids is 1. The first kappa shape index (κ1) is 15.9. The lowest BCUT2D eigenvalue weighted by Crippen LogP contribution is -2.24. The van der Waals surface area contributed by atoms with Crippen LogP contribution < -0.4 is 10.2 Å². The molecule has 0 atom stereocenters. The van der Waals surface area contributed by atoms with E-state index < -0.39 is 0 Å². The summed E-state index contributed by atoms with van der Waals surface area (Å²) in [6.07, 6.45) is 2.87. The topological polar surface area (TPSA) is 32.3 Å². The first-order valence-electron chi connectivity index (χ1n) is 8.06. The van der Waals surface area contributed by atoms with E-state index in [1.165, 1.54) is 18.5 Å². The minimum atomic E-state index is -0.0123. The Balaban J connectivity index is 1.51. The van der Waals surface area contributed by atoms with Crippen molar-refractivity contribution < 1.29 is 4.79 Å². The number of hydrogen-bond donors (Lipinski definition) is 1. The number of hydrogen-bond acceptors (Lipinski definition) is 2. The molecular formula is C19H21ClN2O. The van der Waals surface area contributed by atoms with E-state index in [4.69, 9.17) is 11.6 Å². The second-order valence-corrected chi connectivity index (χ2v) is 6.31. The summed E-state index contributed by atoms with van der Waals surface area (Å²) in [6, 6.07) is 15.9. The van der Waals surface area contributed by atoms with Crippen molar-refractivity contribution in [1.29, 1.82) is 0 Å². The Hall–Kier alpha value is -2.00. The maximum absolute atomic E-state index is 12.0. The van der Waals surface area contributed by atoms with Crippen molar-refractivity contribution in [2.24, 2.45) is 0 Å². The summed E-state index contributed by atoms with van der Waals surface area (Å²) in [4.78, 5) is 14.4. The van der Waals surface area contributed by atoms with Crippen LogP contribution in [0.3, 0.4) is 0 Å². The van der Waals surface area contributed by atoms with Crippen molar-refractivity contribution >= 4 is 23.2 Å². The molecule has 1 saturated heterocycles. The highest BCUT2D eigenvalue weighted by molar-refractivity contribution is 6.31. The zero-order valence-corrected chi connectivity index (χ0v) is 13.9.